The molecule has 3 aromatic carbocycles. The molecule has 0 unspecified atom stereocenters. The van der Waals surface area contributed by atoms with Crippen molar-refractivity contribution in [3.05, 3.63) is 89.7 Å². The van der Waals surface area contributed by atoms with E-state index >= 15 is 0 Å². The molecule has 1 aromatic heterocycles. The van der Waals surface area contributed by atoms with E-state index in [-0.39, 0.29) is 19.0 Å². The molecule has 0 fully saturated rings. The van der Waals surface area contributed by atoms with Crippen molar-refractivity contribution in [1.29, 1.82) is 0 Å². The minimum atomic E-state index is -1.000. The fraction of sp³-hybridized carbons (Fsp3) is 0.231. The SMILES string of the molecule is COCCNC(=O)[C@@H](c1ccc(C)cc1)N(C(=O)Cn1nnc2ccccc21)c1ccc(F)cc1. The fourth-order valence-electron chi connectivity index (χ4n) is 3.82. The first kappa shape index (κ1) is 24.0. The number of benzene rings is 3. The fourth-order valence-corrected chi connectivity index (χ4v) is 3.82. The monoisotopic (exact) mass is 475 g/mol. The second kappa shape index (κ2) is 10.9. The number of anilines is 1. The molecule has 1 N–H and O–H groups in total. The number of methoxy groups -OCH3 is 1. The van der Waals surface area contributed by atoms with Crippen LogP contribution in [0.2, 0.25) is 0 Å². The summed E-state index contributed by atoms with van der Waals surface area (Å²) in [5.74, 6) is -1.23. The van der Waals surface area contributed by atoms with Gasteiger partial charge in [-0.2, -0.15) is 0 Å². The minimum Gasteiger partial charge on any atom is -0.383 e. The Bertz CT molecular complexity index is 1300. The lowest BCUT2D eigenvalue weighted by atomic mass is 10.0. The summed E-state index contributed by atoms with van der Waals surface area (Å²) in [5.41, 5.74) is 3.36. The first-order valence-electron chi connectivity index (χ1n) is 11.2. The van der Waals surface area contributed by atoms with Crippen LogP contribution in [-0.4, -0.2) is 47.1 Å². The lowest BCUT2D eigenvalue weighted by Crippen LogP contribution is -2.46. The van der Waals surface area contributed by atoms with Crippen LogP contribution in [0.15, 0.2) is 72.8 Å². The molecule has 0 spiro atoms. The maximum atomic E-state index is 13.8. The number of nitrogens with zero attached hydrogens (tertiary/aromatic N) is 4. The van der Waals surface area contributed by atoms with E-state index in [9.17, 15) is 14.0 Å². The van der Waals surface area contributed by atoms with Gasteiger partial charge in [0.15, 0.2) is 0 Å². The quantitative estimate of drug-likeness (QED) is 0.375. The van der Waals surface area contributed by atoms with Gasteiger partial charge in [-0.05, 0) is 48.9 Å². The average Bonchev–Trinajstić information content (AvgIpc) is 3.27. The molecule has 180 valence electrons. The van der Waals surface area contributed by atoms with Crippen molar-refractivity contribution in [2.75, 3.05) is 25.2 Å². The van der Waals surface area contributed by atoms with Crippen LogP contribution in [0.25, 0.3) is 11.0 Å². The average molecular weight is 476 g/mol. The minimum absolute atomic E-state index is 0.161. The number of halogens is 1. The van der Waals surface area contributed by atoms with Crippen molar-refractivity contribution in [3.8, 4) is 0 Å². The molecule has 0 saturated heterocycles. The van der Waals surface area contributed by atoms with Gasteiger partial charge in [0, 0.05) is 19.3 Å². The summed E-state index contributed by atoms with van der Waals surface area (Å²) in [5, 5.41) is 11.1. The smallest absolute Gasteiger partial charge is 0.249 e. The van der Waals surface area contributed by atoms with E-state index in [1.807, 2.05) is 49.4 Å². The highest BCUT2D eigenvalue weighted by atomic mass is 19.1. The van der Waals surface area contributed by atoms with Crippen LogP contribution >= 0.6 is 0 Å². The van der Waals surface area contributed by atoms with E-state index in [4.69, 9.17) is 4.74 Å². The Morgan fingerprint density at radius 3 is 2.49 bits per heavy atom. The van der Waals surface area contributed by atoms with E-state index in [1.54, 1.807) is 13.2 Å². The number of ether oxygens (including phenoxy) is 1. The van der Waals surface area contributed by atoms with Crippen LogP contribution in [0, 0.1) is 12.7 Å². The zero-order valence-corrected chi connectivity index (χ0v) is 19.5. The molecule has 8 nitrogen and oxygen atoms in total. The third-order valence-electron chi connectivity index (χ3n) is 5.58. The predicted molar refractivity (Wildman–Crippen MR) is 130 cm³/mol. The largest absolute Gasteiger partial charge is 0.383 e. The van der Waals surface area contributed by atoms with Crippen LogP contribution in [0.5, 0.6) is 0 Å². The van der Waals surface area contributed by atoms with Crippen molar-refractivity contribution in [3.63, 3.8) is 0 Å². The lowest BCUT2D eigenvalue weighted by Gasteiger charge is -2.31. The number of amides is 2. The molecule has 0 aliphatic rings. The third kappa shape index (κ3) is 5.52. The topological polar surface area (TPSA) is 89.4 Å². The van der Waals surface area contributed by atoms with Gasteiger partial charge in [-0.3, -0.25) is 14.5 Å². The zero-order chi connectivity index (χ0) is 24.8. The standard InChI is InChI=1S/C26H26FN5O3/c1-18-7-9-19(10-8-18)25(26(34)28-15-16-35-2)32(21-13-11-20(27)12-14-21)24(33)17-31-23-6-4-3-5-22(23)29-30-31/h3-14,25H,15-17H2,1-2H3,(H,28,34)/t25-/m1/s1. The number of carbonyl (C=O) groups excluding carboxylic acids is 2. The molecule has 4 rings (SSSR count). The Morgan fingerprint density at radius 1 is 1.06 bits per heavy atom. The number of hydrogen-bond donors (Lipinski definition) is 1. The van der Waals surface area contributed by atoms with Crippen LogP contribution < -0.4 is 10.2 Å². The Hall–Kier alpha value is -4.11. The highest BCUT2D eigenvalue weighted by molar-refractivity contribution is 6.01. The number of para-hydroxylation sites is 1. The predicted octanol–water partition coefficient (Wildman–Crippen LogP) is 3.42. The molecule has 4 aromatic rings. The summed E-state index contributed by atoms with van der Waals surface area (Å²) in [6.45, 7) is 2.38. The summed E-state index contributed by atoms with van der Waals surface area (Å²) >= 11 is 0. The van der Waals surface area contributed by atoms with E-state index in [0.29, 0.717) is 28.9 Å². The van der Waals surface area contributed by atoms with Gasteiger partial charge in [-0.15, -0.1) is 5.10 Å². The summed E-state index contributed by atoms with van der Waals surface area (Å²) in [7, 11) is 1.54. The van der Waals surface area contributed by atoms with Crippen LogP contribution in [0.1, 0.15) is 17.2 Å². The first-order chi connectivity index (χ1) is 17.0. The summed E-state index contributed by atoms with van der Waals surface area (Å²) in [4.78, 5) is 28.6. The Balaban J connectivity index is 1.76. The molecule has 2 amide bonds. The number of fused-ring (bicyclic) bond motifs is 1. The Labute approximate surface area is 202 Å². The van der Waals surface area contributed by atoms with Gasteiger partial charge in [0.2, 0.25) is 11.8 Å². The summed E-state index contributed by atoms with van der Waals surface area (Å²) in [6.07, 6.45) is 0. The lowest BCUT2D eigenvalue weighted by molar-refractivity contribution is -0.127. The molecule has 0 saturated carbocycles. The molecule has 1 heterocycles. The van der Waals surface area contributed by atoms with Gasteiger partial charge in [0.25, 0.3) is 0 Å². The van der Waals surface area contributed by atoms with Gasteiger partial charge in [-0.25, -0.2) is 9.07 Å². The van der Waals surface area contributed by atoms with Crippen molar-refractivity contribution in [1.82, 2.24) is 20.3 Å². The number of aromatic nitrogens is 3. The molecule has 0 aliphatic heterocycles. The molecular weight excluding hydrogens is 449 g/mol. The van der Waals surface area contributed by atoms with Crippen LogP contribution in [0.3, 0.4) is 0 Å². The van der Waals surface area contributed by atoms with Gasteiger partial charge in [0.1, 0.15) is 23.9 Å². The Kier molecular flexibility index (Phi) is 7.47. The molecule has 1 atom stereocenters. The van der Waals surface area contributed by atoms with Gasteiger partial charge in [-0.1, -0.05) is 47.2 Å². The number of hydrogen-bond acceptors (Lipinski definition) is 5. The van der Waals surface area contributed by atoms with E-state index in [0.717, 1.165) is 5.56 Å². The number of nitrogens with one attached hydrogen (secondary N) is 1. The molecule has 0 radical (unpaired) electrons. The van der Waals surface area contributed by atoms with Gasteiger partial charge < -0.3 is 10.1 Å². The van der Waals surface area contributed by atoms with Crippen LogP contribution in [0.4, 0.5) is 10.1 Å². The normalized spacial score (nSPS) is 11.9. The van der Waals surface area contributed by atoms with E-state index in [2.05, 4.69) is 15.6 Å². The van der Waals surface area contributed by atoms with Crippen molar-refractivity contribution >= 4 is 28.5 Å². The highest BCUT2D eigenvalue weighted by Crippen LogP contribution is 2.29. The summed E-state index contributed by atoms with van der Waals surface area (Å²) in [6, 6.07) is 19.2. The van der Waals surface area contributed by atoms with E-state index in [1.165, 1.54) is 33.8 Å². The van der Waals surface area contributed by atoms with Gasteiger partial charge in [0.05, 0.1) is 12.1 Å². The number of carbonyl (C=O) groups is 2. The first-order valence-corrected chi connectivity index (χ1v) is 11.2. The summed E-state index contributed by atoms with van der Waals surface area (Å²) < 4.78 is 20.3. The number of aryl methyl sites for hydroxylation is 1. The molecule has 35 heavy (non-hydrogen) atoms. The van der Waals surface area contributed by atoms with Crippen molar-refractivity contribution in [2.24, 2.45) is 0 Å². The second-order valence-corrected chi connectivity index (χ2v) is 8.07. The molecule has 0 bridgehead atoms. The van der Waals surface area contributed by atoms with Crippen LogP contribution in [-0.2, 0) is 20.9 Å². The molecular formula is C26H26FN5O3. The third-order valence-corrected chi connectivity index (χ3v) is 5.58. The van der Waals surface area contributed by atoms with Gasteiger partial charge >= 0.3 is 0 Å². The van der Waals surface area contributed by atoms with Crippen molar-refractivity contribution in [2.45, 2.75) is 19.5 Å². The zero-order valence-electron chi connectivity index (χ0n) is 19.5. The highest BCUT2D eigenvalue weighted by Gasteiger charge is 2.33. The maximum absolute atomic E-state index is 13.8. The van der Waals surface area contributed by atoms with E-state index < -0.39 is 17.8 Å². The Morgan fingerprint density at radius 2 is 1.77 bits per heavy atom. The number of rotatable bonds is 9. The molecule has 0 aliphatic carbocycles. The maximum Gasteiger partial charge on any atom is 0.249 e. The second-order valence-electron chi connectivity index (χ2n) is 8.07. The molecule has 9 heteroatoms. The van der Waals surface area contributed by atoms with Crippen molar-refractivity contribution < 1.29 is 18.7 Å².